The molecule has 0 aromatic heterocycles. The number of carbonyl (C=O) groups excluding carboxylic acids is 2. The summed E-state index contributed by atoms with van der Waals surface area (Å²) in [5.41, 5.74) is 3.64. The second-order valence-corrected chi connectivity index (χ2v) is 8.04. The molecular weight excluding hydrogens is 428 g/mol. The molecule has 174 valence electrons. The minimum atomic E-state index is -0.403. The molecule has 0 unspecified atom stereocenters. The molecule has 0 saturated carbocycles. The van der Waals surface area contributed by atoms with E-state index in [9.17, 15) is 9.59 Å². The van der Waals surface area contributed by atoms with E-state index in [1.54, 1.807) is 25.3 Å². The number of imide groups is 1. The molecule has 1 aliphatic rings. The molecule has 0 bridgehead atoms. The highest BCUT2D eigenvalue weighted by atomic mass is 16.5. The summed E-state index contributed by atoms with van der Waals surface area (Å²) >= 11 is 0. The summed E-state index contributed by atoms with van der Waals surface area (Å²) in [6.07, 6.45) is 0. The number of methoxy groups -OCH3 is 2. The number of para-hydroxylation sites is 1. The summed E-state index contributed by atoms with van der Waals surface area (Å²) in [6.45, 7) is 4.92. The van der Waals surface area contributed by atoms with Crippen molar-refractivity contribution in [3.8, 4) is 11.5 Å². The molecule has 2 amide bonds. The maximum absolute atomic E-state index is 14.0. The molecular formula is C28H28N2O4. The number of hydrogen-bond acceptors (Lipinski definition) is 5. The number of rotatable bonds is 8. The van der Waals surface area contributed by atoms with Gasteiger partial charge in [0.2, 0.25) is 0 Å². The van der Waals surface area contributed by atoms with Crippen LogP contribution in [0.5, 0.6) is 11.5 Å². The molecule has 0 radical (unpaired) electrons. The first-order valence-corrected chi connectivity index (χ1v) is 11.2. The Morgan fingerprint density at radius 1 is 0.824 bits per heavy atom. The van der Waals surface area contributed by atoms with E-state index >= 15 is 0 Å². The lowest BCUT2D eigenvalue weighted by atomic mass is 10.0. The van der Waals surface area contributed by atoms with Crippen molar-refractivity contribution in [1.82, 2.24) is 4.90 Å². The number of nitrogens with zero attached hydrogens (tertiary/aromatic N) is 2. The first-order chi connectivity index (χ1) is 16.5. The summed E-state index contributed by atoms with van der Waals surface area (Å²) in [5, 5.41) is 0. The minimum absolute atomic E-state index is 0.323. The Bertz CT molecular complexity index is 1250. The van der Waals surface area contributed by atoms with E-state index in [1.165, 1.54) is 12.0 Å². The largest absolute Gasteiger partial charge is 0.496 e. The highest BCUT2D eigenvalue weighted by molar-refractivity contribution is 6.46. The lowest BCUT2D eigenvalue weighted by molar-refractivity contribution is -0.120. The van der Waals surface area contributed by atoms with E-state index in [4.69, 9.17) is 9.47 Å². The molecule has 0 N–H and O–H groups in total. The Hall–Kier alpha value is -4.06. The number of carbonyl (C=O) groups is 2. The predicted molar refractivity (Wildman–Crippen MR) is 133 cm³/mol. The van der Waals surface area contributed by atoms with Crippen LogP contribution in [0.4, 0.5) is 5.69 Å². The van der Waals surface area contributed by atoms with Crippen LogP contribution in [0, 0.1) is 6.92 Å². The zero-order valence-electron chi connectivity index (χ0n) is 19.9. The van der Waals surface area contributed by atoms with Gasteiger partial charge in [-0.15, -0.1) is 0 Å². The average Bonchev–Trinajstić information content (AvgIpc) is 3.12. The Morgan fingerprint density at radius 3 is 2.18 bits per heavy atom. The molecule has 4 rings (SSSR count). The fourth-order valence-electron chi connectivity index (χ4n) is 4.25. The molecule has 0 spiro atoms. The van der Waals surface area contributed by atoms with Crippen LogP contribution in [0.15, 0.2) is 78.5 Å². The lowest BCUT2D eigenvalue weighted by Gasteiger charge is -2.25. The number of amides is 2. The van der Waals surface area contributed by atoms with Crippen molar-refractivity contribution in [2.75, 3.05) is 25.7 Å². The van der Waals surface area contributed by atoms with Gasteiger partial charge in [-0.25, -0.2) is 4.90 Å². The van der Waals surface area contributed by atoms with Crippen LogP contribution < -0.4 is 14.4 Å². The van der Waals surface area contributed by atoms with Crippen LogP contribution in [0.2, 0.25) is 0 Å². The Balaban J connectivity index is 1.91. The van der Waals surface area contributed by atoms with Crippen LogP contribution in [-0.4, -0.2) is 37.5 Å². The van der Waals surface area contributed by atoms with E-state index in [0.717, 1.165) is 11.1 Å². The number of benzene rings is 3. The van der Waals surface area contributed by atoms with E-state index in [2.05, 4.69) is 0 Å². The van der Waals surface area contributed by atoms with Crippen molar-refractivity contribution in [3.63, 3.8) is 0 Å². The van der Waals surface area contributed by atoms with Gasteiger partial charge < -0.3 is 14.4 Å². The van der Waals surface area contributed by atoms with Crippen LogP contribution in [0.3, 0.4) is 0 Å². The maximum atomic E-state index is 14.0. The topological polar surface area (TPSA) is 59.1 Å². The van der Waals surface area contributed by atoms with Gasteiger partial charge in [0.1, 0.15) is 17.2 Å². The first kappa shape index (κ1) is 23.1. The van der Waals surface area contributed by atoms with Crippen molar-refractivity contribution < 1.29 is 19.1 Å². The van der Waals surface area contributed by atoms with E-state index in [-0.39, 0.29) is 5.91 Å². The summed E-state index contributed by atoms with van der Waals surface area (Å²) < 4.78 is 11.1. The Labute approximate surface area is 200 Å². The fourth-order valence-corrected chi connectivity index (χ4v) is 4.25. The van der Waals surface area contributed by atoms with E-state index < -0.39 is 5.91 Å². The van der Waals surface area contributed by atoms with Crippen LogP contribution >= 0.6 is 0 Å². The third-order valence-corrected chi connectivity index (χ3v) is 5.93. The van der Waals surface area contributed by atoms with E-state index in [0.29, 0.717) is 47.1 Å². The minimum Gasteiger partial charge on any atom is -0.496 e. The molecule has 0 aliphatic carbocycles. The summed E-state index contributed by atoms with van der Waals surface area (Å²) in [6, 6.07) is 22.6. The smallest absolute Gasteiger partial charge is 0.282 e. The average molecular weight is 457 g/mol. The van der Waals surface area contributed by atoms with Crippen molar-refractivity contribution >= 4 is 23.1 Å². The maximum Gasteiger partial charge on any atom is 0.282 e. The monoisotopic (exact) mass is 456 g/mol. The predicted octanol–water partition coefficient (Wildman–Crippen LogP) is 4.82. The molecule has 0 atom stereocenters. The van der Waals surface area contributed by atoms with Gasteiger partial charge in [-0.3, -0.25) is 9.59 Å². The molecule has 6 nitrogen and oxygen atoms in total. The van der Waals surface area contributed by atoms with E-state index in [1.807, 2.05) is 73.3 Å². The van der Waals surface area contributed by atoms with Gasteiger partial charge in [0.15, 0.2) is 0 Å². The number of likely N-dealkylation sites (N-methyl/N-ethyl adjacent to an activating group) is 1. The molecule has 1 aliphatic heterocycles. The van der Waals surface area contributed by atoms with Crippen molar-refractivity contribution in [3.05, 3.63) is 95.2 Å². The zero-order chi connectivity index (χ0) is 24.2. The van der Waals surface area contributed by atoms with Crippen LogP contribution in [-0.2, 0) is 16.1 Å². The number of anilines is 1. The summed E-state index contributed by atoms with van der Waals surface area (Å²) in [5.74, 6) is 0.205. The lowest BCUT2D eigenvalue weighted by Crippen LogP contribution is -2.35. The second-order valence-electron chi connectivity index (χ2n) is 8.04. The Morgan fingerprint density at radius 2 is 1.50 bits per heavy atom. The fraction of sp³-hybridized carbons (Fsp3) is 0.214. The molecule has 3 aromatic carbocycles. The third-order valence-electron chi connectivity index (χ3n) is 5.93. The molecule has 0 saturated heterocycles. The SMILES string of the molecule is CCN(Cc1ccccc1)C1=C(c2ccccc2OC)C(=O)N(c2cc(C)ccc2OC)C1=O. The highest BCUT2D eigenvalue weighted by Crippen LogP contribution is 2.41. The molecule has 6 heteroatoms. The first-order valence-electron chi connectivity index (χ1n) is 11.2. The van der Waals surface area contributed by atoms with Crippen LogP contribution in [0.1, 0.15) is 23.6 Å². The van der Waals surface area contributed by atoms with Gasteiger partial charge in [0.05, 0.1) is 25.5 Å². The van der Waals surface area contributed by atoms with Crippen molar-refractivity contribution in [1.29, 1.82) is 0 Å². The van der Waals surface area contributed by atoms with Gasteiger partial charge in [0.25, 0.3) is 11.8 Å². The van der Waals surface area contributed by atoms with Gasteiger partial charge >= 0.3 is 0 Å². The molecule has 0 fully saturated rings. The highest BCUT2D eigenvalue weighted by Gasteiger charge is 2.44. The van der Waals surface area contributed by atoms with Gasteiger partial charge in [-0.1, -0.05) is 54.6 Å². The van der Waals surface area contributed by atoms with Crippen LogP contribution in [0.25, 0.3) is 5.57 Å². The number of ether oxygens (including phenoxy) is 2. The molecule has 1 heterocycles. The molecule has 34 heavy (non-hydrogen) atoms. The van der Waals surface area contributed by atoms with Gasteiger partial charge in [-0.2, -0.15) is 0 Å². The number of hydrogen-bond donors (Lipinski definition) is 0. The van der Waals surface area contributed by atoms with Gasteiger partial charge in [0, 0.05) is 18.7 Å². The summed E-state index contributed by atoms with van der Waals surface area (Å²) in [4.78, 5) is 31.1. The van der Waals surface area contributed by atoms with Crippen molar-refractivity contribution in [2.24, 2.45) is 0 Å². The third kappa shape index (κ3) is 4.15. The normalized spacial score (nSPS) is 13.5. The second kappa shape index (κ2) is 9.83. The van der Waals surface area contributed by atoms with Gasteiger partial charge in [-0.05, 0) is 43.2 Å². The standard InChI is InChI=1S/C28H28N2O4/c1-5-29(18-20-11-7-6-8-12-20)26-25(21-13-9-10-14-23(21)33-3)27(31)30(28(26)32)22-17-19(2)15-16-24(22)34-4/h6-17H,5,18H2,1-4H3. The quantitative estimate of drug-likeness (QED) is 0.455. The number of aryl methyl sites for hydroxylation is 1. The molecule has 3 aromatic rings. The zero-order valence-corrected chi connectivity index (χ0v) is 19.9. The van der Waals surface area contributed by atoms with Crippen molar-refractivity contribution in [2.45, 2.75) is 20.4 Å². The Kier molecular flexibility index (Phi) is 6.68. The summed E-state index contributed by atoms with van der Waals surface area (Å²) in [7, 11) is 3.09.